The number of amides is 1. The zero-order valence-electron chi connectivity index (χ0n) is 11.2. The van der Waals surface area contributed by atoms with Gasteiger partial charge in [0, 0.05) is 0 Å². The lowest BCUT2D eigenvalue weighted by Gasteiger charge is -2.11. The summed E-state index contributed by atoms with van der Waals surface area (Å²) in [6.45, 7) is 2.00. The molecule has 0 saturated carbocycles. The molecule has 0 aliphatic heterocycles. The zero-order valence-corrected chi connectivity index (χ0v) is 11.2. The number of hydrogen-bond acceptors (Lipinski definition) is 5. The molecule has 0 aliphatic rings. The predicted molar refractivity (Wildman–Crippen MR) is 72.9 cm³/mol. The molecule has 0 unspecified atom stereocenters. The van der Waals surface area contributed by atoms with E-state index in [4.69, 9.17) is 10.2 Å². The third-order valence-corrected chi connectivity index (χ3v) is 2.81. The summed E-state index contributed by atoms with van der Waals surface area (Å²) in [6, 6.07) is 5.95. The van der Waals surface area contributed by atoms with Crippen LogP contribution in [0.2, 0.25) is 0 Å². The summed E-state index contributed by atoms with van der Waals surface area (Å²) in [6.07, 6.45) is 1.99. The highest BCUT2D eigenvalue weighted by atomic mass is 16.4. The molecule has 6 heteroatoms. The highest BCUT2D eigenvalue weighted by Crippen LogP contribution is 2.11. The molecule has 0 aliphatic carbocycles. The van der Waals surface area contributed by atoms with Crippen molar-refractivity contribution in [1.29, 1.82) is 0 Å². The van der Waals surface area contributed by atoms with Gasteiger partial charge in [0.1, 0.15) is 11.5 Å². The summed E-state index contributed by atoms with van der Waals surface area (Å²) in [4.78, 5) is 15.8. The summed E-state index contributed by atoms with van der Waals surface area (Å²) in [5, 5.41) is 11.9. The fraction of sp³-hybridized carbons (Fsp3) is 0.286. The number of nitrogens with one attached hydrogen (secondary N) is 1. The highest BCUT2D eigenvalue weighted by molar-refractivity contribution is 5.81. The molecule has 1 atom stereocenters. The number of phenols is 1. The lowest BCUT2D eigenvalue weighted by atomic mass is 10.1. The molecule has 0 fully saturated rings. The number of carbonyl (C=O) groups excluding carboxylic acids is 1. The Morgan fingerprint density at radius 2 is 2.15 bits per heavy atom. The van der Waals surface area contributed by atoms with Gasteiger partial charge in [-0.3, -0.25) is 4.79 Å². The minimum absolute atomic E-state index is 0.186. The Labute approximate surface area is 116 Å². The molecule has 1 aromatic heterocycles. The van der Waals surface area contributed by atoms with Crippen molar-refractivity contribution < 1.29 is 14.3 Å². The molecule has 2 rings (SSSR count). The molecule has 1 heterocycles. The van der Waals surface area contributed by atoms with E-state index < -0.39 is 6.04 Å². The van der Waals surface area contributed by atoms with E-state index in [2.05, 4.69) is 10.3 Å². The number of carbonyl (C=O) groups is 1. The largest absolute Gasteiger partial charge is 0.508 e. The van der Waals surface area contributed by atoms with Crippen molar-refractivity contribution in [3.8, 4) is 5.75 Å². The maximum Gasteiger partial charge on any atom is 0.237 e. The fourth-order valence-corrected chi connectivity index (χ4v) is 1.76. The van der Waals surface area contributed by atoms with Crippen LogP contribution < -0.4 is 11.1 Å². The van der Waals surface area contributed by atoms with Gasteiger partial charge in [-0.1, -0.05) is 12.1 Å². The third kappa shape index (κ3) is 3.83. The lowest BCUT2D eigenvalue weighted by molar-refractivity contribution is -0.122. The summed E-state index contributed by atoms with van der Waals surface area (Å²) in [5.74, 6) is 1.07. The van der Waals surface area contributed by atoms with Gasteiger partial charge in [0.05, 0.1) is 18.8 Å². The summed E-state index contributed by atoms with van der Waals surface area (Å²) in [5.41, 5.74) is 6.72. The van der Waals surface area contributed by atoms with Crippen molar-refractivity contribution in [1.82, 2.24) is 10.3 Å². The molecule has 6 nitrogen and oxygen atoms in total. The van der Waals surface area contributed by atoms with Gasteiger partial charge in [-0.05, 0) is 31.0 Å². The van der Waals surface area contributed by atoms with Gasteiger partial charge in [0.2, 0.25) is 11.8 Å². The van der Waals surface area contributed by atoms with E-state index in [-0.39, 0.29) is 18.2 Å². The number of aromatic nitrogens is 1. The molecule has 1 aromatic carbocycles. The fourth-order valence-electron chi connectivity index (χ4n) is 1.76. The minimum Gasteiger partial charge on any atom is -0.508 e. The number of nitrogens with zero attached hydrogens (tertiary/aromatic N) is 1. The molecule has 0 radical (unpaired) electrons. The topological polar surface area (TPSA) is 101 Å². The van der Waals surface area contributed by atoms with Crippen molar-refractivity contribution >= 4 is 5.91 Å². The first-order chi connectivity index (χ1) is 9.54. The number of aromatic hydroxyl groups is 1. The van der Waals surface area contributed by atoms with Crippen LogP contribution in [0.25, 0.3) is 0 Å². The Bertz CT molecular complexity index is 578. The van der Waals surface area contributed by atoms with E-state index in [1.54, 1.807) is 37.4 Å². The van der Waals surface area contributed by atoms with Gasteiger partial charge in [-0.15, -0.1) is 0 Å². The van der Waals surface area contributed by atoms with E-state index in [1.807, 2.05) is 0 Å². The Kier molecular flexibility index (Phi) is 4.37. The first-order valence-electron chi connectivity index (χ1n) is 6.27. The van der Waals surface area contributed by atoms with Crippen molar-refractivity contribution in [2.45, 2.75) is 25.9 Å². The van der Waals surface area contributed by atoms with E-state index in [0.717, 1.165) is 5.56 Å². The Hall–Kier alpha value is -2.34. The summed E-state index contributed by atoms with van der Waals surface area (Å²) < 4.78 is 5.25. The van der Waals surface area contributed by atoms with Crippen molar-refractivity contribution in [3.05, 3.63) is 47.7 Å². The monoisotopic (exact) mass is 275 g/mol. The molecular formula is C14H17N3O3. The maximum absolute atomic E-state index is 11.8. The smallest absolute Gasteiger partial charge is 0.237 e. The second-order valence-electron chi connectivity index (χ2n) is 4.56. The maximum atomic E-state index is 11.8. The average Bonchev–Trinajstić information content (AvgIpc) is 2.84. The molecule has 1 amide bonds. The van der Waals surface area contributed by atoms with Crippen LogP contribution in [-0.4, -0.2) is 22.0 Å². The van der Waals surface area contributed by atoms with E-state index in [9.17, 15) is 9.90 Å². The molecule has 4 N–H and O–H groups in total. The van der Waals surface area contributed by atoms with Crippen LogP contribution in [0, 0.1) is 6.92 Å². The first kappa shape index (κ1) is 14.1. The Morgan fingerprint density at radius 3 is 2.75 bits per heavy atom. The van der Waals surface area contributed by atoms with Gasteiger partial charge in [-0.2, -0.15) is 0 Å². The van der Waals surface area contributed by atoms with Crippen molar-refractivity contribution in [2.75, 3.05) is 0 Å². The highest BCUT2D eigenvalue weighted by Gasteiger charge is 2.14. The quantitative estimate of drug-likeness (QED) is 0.751. The molecule has 0 spiro atoms. The Balaban J connectivity index is 1.84. The number of oxazole rings is 1. The minimum atomic E-state index is -0.657. The Morgan fingerprint density at radius 1 is 1.45 bits per heavy atom. The number of hydrogen-bond donors (Lipinski definition) is 3. The van der Waals surface area contributed by atoms with Crippen molar-refractivity contribution in [2.24, 2.45) is 5.73 Å². The van der Waals surface area contributed by atoms with Crippen LogP contribution in [-0.2, 0) is 17.8 Å². The normalized spacial score (nSPS) is 12.1. The number of aryl methyl sites for hydroxylation is 1. The third-order valence-electron chi connectivity index (χ3n) is 2.81. The van der Waals surface area contributed by atoms with Gasteiger partial charge < -0.3 is 20.6 Å². The van der Waals surface area contributed by atoms with Crippen molar-refractivity contribution in [3.63, 3.8) is 0 Å². The lowest BCUT2D eigenvalue weighted by Crippen LogP contribution is -2.41. The second-order valence-corrected chi connectivity index (χ2v) is 4.56. The van der Waals surface area contributed by atoms with Crippen LogP contribution in [0.3, 0.4) is 0 Å². The molecular weight excluding hydrogens is 258 g/mol. The van der Waals surface area contributed by atoms with Crippen LogP contribution >= 0.6 is 0 Å². The molecule has 20 heavy (non-hydrogen) atoms. The summed E-state index contributed by atoms with van der Waals surface area (Å²) >= 11 is 0. The number of nitrogens with two attached hydrogens (primary N) is 1. The van der Waals surface area contributed by atoms with Crippen LogP contribution in [0.1, 0.15) is 17.2 Å². The first-order valence-corrected chi connectivity index (χ1v) is 6.27. The molecule has 106 valence electrons. The molecule has 0 saturated heterocycles. The second kappa shape index (κ2) is 6.21. The van der Waals surface area contributed by atoms with E-state index in [0.29, 0.717) is 18.1 Å². The average molecular weight is 275 g/mol. The van der Waals surface area contributed by atoms with Gasteiger partial charge >= 0.3 is 0 Å². The zero-order chi connectivity index (χ0) is 14.5. The predicted octanol–water partition coefficient (Wildman–Crippen LogP) is 0.875. The van der Waals surface area contributed by atoms with E-state index in [1.165, 1.54) is 0 Å². The van der Waals surface area contributed by atoms with Gasteiger partial charge in [-0.25, -0.2) is 4.98 Å². The SMILES string of the molecule is Cc1cnc(CNC(=O)[C@H](N)Cc2ccc(O)cc2)o1. The standard InChI is InChI=1S/C14H17N3O3/c1-9-7-16-13(20-9)8-17-14(19)12(15)6-10-2-4-11(18)5-3-10/h2-5,7,12,18H,6,8,15H2,1H3,(H,17,19)/t12-/m1/s1. The van der Waals surface area contributed by atoms with E-state index >= 15 is 0 Å². The van der Waals surface area contributed by atoms with Gasteiger partial charge in [0.15, 0.2) is 0 Å². The van der Waals surface area contributed by atoms with Crippen LogP contribution in [0.5, 0.6) is 5.75 Å². The van der Waals surface area contributed by atoms with Crippen LogP contribution in [0.15, 0.2) is 34.9 Å². The summed E-state index contributed by atoms with van der Waals surface area (Å²) in [7, 11) is 0. The molecule has 0 bridgehead atoms. The number of rotatable bonds is 5. The number of phenolic OH excluding ortho intramolecular Hbond substituents is 1. The van der Waals surface area contributed by atoms with Gasteiger partial charge in [0.25, 0.3) is 0 Å². The van der Waals surface area contributed by atoms with Crippen LogP contribution in [0.4, 0.5) is 0 Å². The molecule has 2 aromatic rings. The number of benzene rings is 1.